The van der Waals surface area contributed by atoms with E-state index >= 15 is 0 Å². The van der Waals surface area contributed by atoms with Crippen LogP contribution in [0.15, 0.2) is 0 Å². The molecule has 0 N–H and O–H groups in total. The Morgan fingerprint density at radius 2 is 1.88 bits per heavy atom. The van der Waals surface area contributed by atoms with Crippen molar-refractivity contribution < 1.29 is 28.4 Å². The summed E-state index contributed by atoms with van der Waals surface area (Å²) in [5.74, 6) is -0.148. The molecular formula is C5H10LiO2+. The molecule has 0 saturated heterocycles. The van der Waals surface area contributed by atoms with E-state index in [1.165, 1.54) is 7.11 Å². The minimum atomic E-state index is -0.153. The Labute approximate surface area is 61.8 Å². The second-order valence-corrected chi connectivity index (χ2v) is 1.68. The fourth-order valence-corrected chi connectivity index (χ4v) is 0.236. The van der Waals surface area contributed by atoms with Gasteiger partial charge in [-0.1, -0.05) is 13.8 Å². The van der Waals surface area contributed by atoms with Crippen LogP contribution in [0, 0.1) is 5.92 Å². The van der Waals surface area contributed by atoms with Gasteiger partial charge in [0.1, 0.15) is 0 Å². The Morgan fingerprint density at radius 1 is 1.50 bits per heavy atom. The summed E-state index contributed by atoms with van der Waals surface area (Å²) >= 11 is 0. The van der Waals surface area contributed by atoms with Crippen LogP contribution in [0.3, 0.4) is 0 Å². The van der Waals surface area contributed by atoms with E-state index in [4.69, 9.17) is 0 Å². The molecule has 0 amide bonds. The Hall–Kier alpha value is 0.0674. The first-order valence-corrected chi connectivity index (χ1v) is 2.26. The summed E-state index contributed by atoms with van der Waals surface area (Å²) < 4.78 is 4.37. The number of carbonyl (C=O) groups excluding carboxylic acids is 1. The summed E-state index contributed by atoms with van der Waals surface area (Å²) in [6.07, 6.45) is 0. The molecule has 0 aromatic rings. The quantitative estimate of drug-likeness (QED) is 0.282. The van der Waals surface area contributed by atoms with Crippen LogP contribution >= 0.6 is 0 Å². The monoisotopic (exact) mass is 109 g/mol. The third-order valence-electron chi connectivity index (χ3n) is 0.673. The Kier molecular flexibility index (Phi) is 7.13. The van der Waals surface area contributed by atoms with E-state index in [0.29, 0.717) is 0 Å². The molecule has 3 heteroatoms. The Balaban J connectivity index is 0. The first kappa shape index (κ1) is 10.9. The smallest absolute Gasteiger partial charge is 0.469 e. The van der Waals surface area contributed by atoms with Gasteiger partial charge in [-0.2, -0.15) is 0 Å². The molecule has 0 atom stereocenters. The van der Waals surface area contributed by atoms with Crippen LogP contribution in [0.2, 0.25) is 0 Å². The number of methoxy groups -OCH3 is 1. The summed E-state index contributed by atoms with van der Waals surface area (Å²) in [5.41, 5.74) is 0. The fourth-order valence-electron chi connectivity index (χ4n) is 0.236. The molecule has 42 valence electrons. The second-order valence-electron chi connectivity index (χ2n) is 1.68. The normalized spacial score (nSPS) is 8.00. The van der Waals surface area contributed by atoms with E-state index in [0.717, 1.165) is 0 Å². The Morgan fingerprint density at radius 3 is 1.88 bits per heavy atom. The summed E-state index contributed by atoms with van der Waals surface area (Å²) in [6, 6.07) is 0. The SMILES string of the molecule is COC(=O)C(C)C.[Li+]. The molecule has 0 spiro atoms. The van der Waals surface area contributed by atoms with E-state index in [2.05, 4.69) is 4.74 Å². The van der Waals surface area contributed by atoms with Crippen molar-refractivity contribution in [3.8, 4) is 0 Å². The van der Waals surface area contributed by atoms with Crippen LogP contribution < -0.4 is 18.9 Å². The molecule has 0 aromatic heterocycles. The van der Waals surface area contributed by atoms with Crippen molar-refractivity contribution in [1.82, 2.24) is 0 Å². The third kappa shape index (κ3) is 4.23. The van der Waals surface area contributed by atoms with Crippen molar-refractivity contribution in [3.63, 3.8) is 0 Å². The van der Waals surface area contributed by atoms with Gasteiger partial charge in [-0.25, -0.2) is 0 Å². The number of hydrogen-bond acceptors (Lipinski definition) is 2. The molecule has 0 aromatic carbocycles. The molecule has 0 bridgehead atoms. The molecule has 0 saturated carbocycles. The summed E-state index contributed by atoms with van der Waals surface area (Å²) in [6.45, 7) is 3.59. The van der Waals surface area contributed by atoms with Crippen molar-refractivity contribution in [3.05, 3.63) is 0 Å². The van der Waals surface area contributed by atoms with Gasteiger partial charge in [0.15, 0.2) is 0 Å². The first-order valence-electron chi connectivity index (χ1n) is 2.26. The van der Waals surface area contributed by atoms with Gasteiger partial charge < -0.3 is 4.74 Å². The van der Waals surface area contributed by atoms with Crippen LogP contribution in [0.5, 0.6) is 0 Å². The van der Waals surface area contributed by atoms with Gasteiger partial charge in [0.25, 0.3) is 0 Å². The van der Waals surface area contributed by atoms with Crippen LogP contribution in [-0.2, 0) is 9.53 Å². The third-order valence-corrected chi connectivity index (χ3v) is 0.673. The molecule has 0 heterocycles. The maximum absolute atomic E-state index is 10.3. The molecule has 0 fully saturated rings. The van der Waals surface area contributed by atoms with E-state index in [1.54, 1.807) is 13.8 Å². The van der Waals surface area contributed by atoms with Crippen LogP contribution in [0.4, 0.5) is 0 Å². The van der Waals surface area contributed by atoms with Crippen molar-refractivity contribution in [2.75, 3.05) is 7.11 Å². The zero-order valence-electron chi connectivity index (χ0n) is 5.89. The average Bonchev–Trinajstić information content (AvgIpc) is 1.65. The molecule has 0 aliphatic rings. The average molecular weight is 109 g/mol. The van der Waals surface area contributed by atoms with Gasteiger partial charge in [-0.05, 0) is 0 Å². The molecule has 8 heavy (non-hydrogen) atoms. The minimum absolute atomic E-state index is 0. The van der Waals surface area contributed by atoms with Gasteiger partial charge in [-0.3, -0.25) is 4.79 Å². The Bertz CT molecular complexity index is 70.8. The predicted octanol–water partition coefficient (Wildman–Crippen LogP) is -2.18. The summed E-state index contributed by atoms with van der Waals surface area (Å²) in [5, 5.41) is 0. The zero-order chi connectivity index (χ0) is 5.86. The molecule has 0 aliphatic heterocycles. The summed E-state index contributed by atoms with van der Waals surface area (Å²) in [7, 11) is 1.39. The van der Waals surface area contributed by atoms with Crippen molar-refractivity contribution in [1.29, 1.82) is 0 Å². The molecule has 0 radical (unpaired) electrons. The fraction of sp³-hybridized carbons (Fsp3) is 0.800. The second kappa shape index (κ2) is 5.21. The van der Waals surface area contributed by atoms with Crippen LogP contribution in [-0.4, -0.2) is 13.1 Å². The van der Waals surface area contributed by atoms with Gasteiger partial charge >= 0.3 is 24.8 Å². The molecule has 0 rings (SSSR count). The maximum Gasteiger partial charge on any atom is 1.00 e. The number of hydrogen-bond donors (Lipinski definition) is 0. The zero-order valence-corrected chi connectivity index (χ0v) is 5.89. The summed E-state index contributed by atoms with van der Waals surface area (Å²) in [4.78, 5) is 10.3. The van der Waals surface area contributed by atoms with E-state index < -0.39 is 0 Å². The first-order chi connectivity index (χ1) is 3.18. The van der Waals surface area contributed by atoms with E-state index in [-0.39, 0.29) is 30.7 Å². The van der Waals surface area contributed by atoms with Gasteiger partial charge in [0, 0.05) is 0 Å². The van der Waals surface area contributed by atoms with Crippen molar-refractivity contribution >= 4 is 5.97 Å². The predicted molar refractivity (Wildman–Crippen MR) is 26.9 cm³/mol. The van der Waals surface area contributed by atoms with E-state index in [9.17, 15) is 4.79 Å². The standard InChI is InChI=1S/C5H10O2.Li/c1-4(2)5(6)7-3;/h4H,1-3H3;/q;+1. The number of esters is 1. The molecule has 0 aliphatic carbocycles. The van der Waals surface area contributed by atoms with Gasteiger partial charge in [-0.15, -0.1) is 0 Å². The van der Waals surface area contributed by atoms with Gasteiger partial charge in [0.2, 0.25) is 0 Å². The van der Waals surface area contributed by atoms with Crippen molar-refractivity contribution in [2.45, 2.75) is 13.8 Å². The van der Waals surface area contributed by atoms with Crippen LogP contribution in [0.25, 0.3) is 0 Å². The number of carbonyl (C=O) groups is 1. The van der Waals surface area contributed by atoms with Gasteiger partial charge in [0.05, 0.1) is 13.0 Å². The number of ether oxygens (including phenoxy) is 1. The topological polar surface area (TPSA) is 26.3 Å². The molecule has 2 nitrogen and oxygen atoms in total. The minimum Gasteiger partial charge on any atom is -0.469 e. The molecular weight excluding hydrogens is 99.0 g/mol. The van der Waals surface area contributed by atoms with Crippen LogP contribution in [0.1, 0.15) is 13.8 Å². The largest absolute Gasteiger partial charge is 1.00 e. The molecule has 0 unspecified atom stereocenters. The maximum atomic E-state index is 10.3. The number of rotatable bonds is 1. The van der Waals surface area contributed by atoms with E-state index in [1.807, 2.05) is 0 Å². The van der Waals surface area contributed by atoms with Crippen molar-refractivity contribution in [2.24, 2.45) is 5.92 Å².